The van der Waals surface area contributed by atoms with E-state index < -0.39 is 36.8 Å². The van der Waals surface area contributed by atoms with Crippen LogP contribution in [0.2, 0.25) is 0 Å². The molecule has 0 unspecified atom stereocenters. The molecule has 1 saturated heterocycles. The summed E-state index contributed by atoms with van der Waals surface area (Å²) in [4.78, 5) is 15.0. The summed E-state index contributed by atoms with van der Waals surface area (Å²) >= 11 is 0. The zero-order valence-corrected chi connectivity index (χ0v) is 8.80. The van der Waals surface area contributed by atoms with Crippen molar-refractivity contribution in [1.29, 1.82) is 0 Å². The SMILES string of the molecule is Nc1ccn([C@@H]2O[C@H](CO)[C@@H](O)[C@H]2O)c(=O)n1.[NaH].[NaH].[NaH]. The number of ether oxygens (including phenoxy) is 1. The van der Waals surface area contributed by atoms with Gasteiger partial charge in [0.25, 0.3) is 0 Å². The topological polar surface area (TPSA) is 131 Å². The van der Waals surface area contributed by atoms with Gasteiger partial charge in [-0.25, -0.2) is 4.79 Å². The van der Waals surface area contributed by atoms with Gasteiger partial charge in [-0.3, -0.25) is 4.57 Å². The van der Waals surface area contributed by atoms with Gasteiger partial charge in [0.15, 0.2) is 6.23 Å². The Labute approximate surface area is 181 Å². The normalized spacial score (nSPS) is 27.9. The minimum absolute atomic E-state index is 0. The molecule has 1 aromatic heterocycles. The number of anilines is 1. The van der Waals surface area contributed by atoms with Crippen LogP contribution in [-0.4, -0.2) is 138 Å². The Hall–Kier alpha value is 1.52. The number of nitrogens with two attached hydrogens (primary N) is 1. The van der Waals surface area contributed by atoms with Crippen molar-refractivity contribution in [3.63, 3.8) is 0 Å². The molecule has 0 bridgehead atoms. The summed E-state index contributed by atoms with van der Waals surface area (Å²) in [7, 11) is 0. The molecule has 0 aliphatic carbocycles. The fourth-order valence-electron chi connectivity index (χ4n) is 1.73. The van der Waals surface area contributed by atoms with Crippen molar-refractivity contribution in [2.75, 3.05) is 12.3 Å². The van der Waals surface area contributed by atoms with Crippen LogP contribution in [0.4, 0.5) is 5.82 Å². The second kappa shape index (κ2) is 10.3. The van der Waals surface area contributed by atoms with E-state index in [-0.39, 0.29) is 94.5 Å². The number of nitrogens with zero attached hydrogens (tertiary/aromatic N) is 2. The van der Waals surface area contributed by atoms with E-state index in [2.05, 4.69) is 4.98 Å². The van der Waals surface area contributed by atoms with E-state index in [1.165, 1.54) is 12.3 Å². The standard InChI is InChI=1S/C9H13N3O5.3Na.3H/c10-5-1-2-12(9(16)11-5)8-7(15)6(14)4(3-13)17-8;;;;;;/h1-2,4,6-8,13-15H,3H2,(H2,10,11,16);;;;;;/t4-,6-,7-,8-;;;;;;/m1....../s1. The first-order valence-corrected chi connectivity index (χ1v) is 5.01. The van der Waals surface area contributed by atoms with Crippen LogP contribution in [0.3, 0.4) is 0 Å². The van der Waals surface area contributed by atoms with Crippen LogP contribution < -0.4 is 11.4 Å². The number of aliphatic hydroxyl groups is 3. The Morgan fingerprint density at radius 2 is 1.90 bits per heavy atom. The van der Waals surface area contributed by atoms with Gasteiger partial charge in [-0.1, -0.05) is 0 Å². The molecule has 0 radical (unpaired) electrons. The molecular weight excluding hydrogens is 299 g/mol. The summed E-state index contributed by atoms with van der Waals surface area (Å²) in [5.41, 5.74) is 4.63. The van der Waals surface area contributed by atoms with Crippen molar-refractivity contribution in [3.05, 3.63) is 22.7 Å². The van der Waals surface area contributed by atoms with Gasteiger partial charge in [0.05, 0.1) is 6.61 Å². The van der Waals surface area contributed by atoms with Crippen LogP contribution in [0.25, 0.3) is 0 Å². The van der Waals surface area contributed by atoms with E-state index in [0.717, 1.165) is 4.57 Å². The van der Waals surface area contributed by atoms with Gasteiger partial charge in [0, 0.05) is 6.20 Å². The van der Waals surface area contributed by atoms with Gasteiger partial charge >= 0.3 is 94.4 Å². The van der Waals surface area contributed by atoms with Crippen LogP contribution in [-0.2, 0) is 4.74 Å². The average molecular weight is 315 g/mol. The van der Waals surface area contributed by atoms with Gasteiger partial charge in [0.2, 0.25) is 0 Å². The van der Waals surface area contributed by atoms with Crippen molar-refractivity contribution >= 4 is 94.5 Å². The molecule has 100 valence electrons. The number of rotatable bonds is 2. The van der Waals surface area contributed by atoms with E-state index in [1.807, 2.05) is 0 Å². The molecule has 8 nitrogen and oxygen atoms in total. The third kappa shape index (κ3) is 5.02. The number of hydrogen-bond acceptors (Lipinski definition) is 7. The van der Waals surface area contributed by atoms with Crippen molar-refractivity contribution in [1.82, 2.24) is 9.55 Å². The average Bonchev–Trinajstić information content (AvgIpc) is 2.57. The van der Waals surface area contributed by atoms with Crippen LogP contribution in [0, 0.1) is 0 Å². The van der Waals surface area contributed by atoms with E-state index in [4.69, 9.17) is 15.6 Å². The molecule has 1 aromatic rings. The molecule has 0 spiro atoms. The van der Waals surface area contributed by atoms with Gasteiger partial charge in [0.1, 0.15) is 24.1 Å². The van der Waals surface area contributed by atoms with E-state index in [9.17, 15) is 15.0 Å². The molecule has 4 atom stereocenters. The molecule has 5 N–H and O–H groups in total. The Bertz CT molecular complexity index is 474. The van der Waals surface area contributed by atoms with Gasteiger partial charge < -0.3 is 25.8 Å². The molecule has 2 rings (SSSR count). The summed E-state index contributed by atoms with van der Waals surface area (Å²) in [6.07, 6.45) is -3.27. The number of nitrogen functional groups attached to an aromatic ring is 1. The number of aromatic nitrogens is 2. The Morgan fingerprint density at radius 1 is 1.30 bits per heavy atom. The summed E-state index contributed by atoms with van der Waals surface area (Å²) in [6.45, 7) is -0.453. The number of hydrogen-bond donors (Lipinski definition) is 4. The van der Waals surface area contributed by atoms with E-state index in [0.29, 0.717) is 0 Å². The summed E-state index contributed by atoms with van der Waals surface area (Å²) in [5.74, 6) is 0.0537. The zero-order chi connectivity index (χ0) is 12.6. The van der Waals surface area contributed by atoms with Crippen molar-refractivity contribution in [3.8, 4) is 0 Å². The van der Waals surface area contributed by atoms with Crippen LogP contribution in [0.15, 0.2) is 17.1 Å². The van der Waals surface area contributed by atoms with Crippen molar-refractivity contribution < 1.29 is 20.1 Å². The molecule has 0 amide bonds. The van der Waals surface area contributed by atoms with E-state index >= 15 is 0 Å². The minimum atomic E-state index is -1.31. The van der Waals surface area contributed by atoms with E-state index in [1.54, 1.807) is 0 Å². The second-order valence-electron chi connectivity index (χ2n) is 3.77. The third-order valence-corrected chi connectivity index (χ3v) is 2.64. The molecule has 1 aliphatic heterocycles. The maximum absolute atomic E-state index is 11.5. The zero-order valence-electron chi connectivity index (χ0n) is 8.80. The molecule has 1 fully saturated rings. The first kappa shape index (κ1) is 23.8. The van der Waals surface area contributed by atoms with Gasteiger partial charge in [-0.15, -0.1) is 0 Å². The molecule has 0 aromatic carbocycles. The maximum atomic E-state index is 11.5. The fraction of sp³-hybridized carbons (Fsp3) is 0.556. The first-order chi connectivity index (χ1) is 8.04. The Kier molecular flexibility index (Phi) is 12.3. The summed E-state index contributed by atoms with van der Waals surface area (Å²) in [6, 6.07) is 1.37. The summed E-state index contributed by atoms with van der Waals surface area (Å²) < 4.78 is 6.19. The van der Waals surface area contributed by atoms with Crippen LogP contribution >= 0.6 is 0 Å². The van der Waals surface area contributed by atoms with Crippen molar-refractivity contribution in [2.45, 2.75) is 24.5 Å². The first-order valence-electron chi connectivity index (χ1n) is 5.01. The Balaban J connectivity index is 0. The molecule has 11 heteroatoms. The number of aliphatic hydroxyl groups excluding tert-OH is 3. The fourth-order valence-corrected chi connectivity index (χ4v) is 1.73. The quantitative estimate of drug-likeness (QED) is 0.405. The molecule has 1 aliphatic rings. The second-order valence-corrected chi connectivity index (χ2v) is 3.77. The van der Waals surface area contributed by atoms with Crippen molar-refractivity contribution in [2.24, 2.45) is 0 Å². The molecule has 0 saturated carbocycles. The van der Waals surface area contributed by atoms with Gasteiger partial charge in [-0.2, -0.15) is 4.98 Å². The molecule has 2 heterocycles. The van der Waals surface area contributed by atoms with Gasteiger partial charge in [-0.05, 0) is 6.07 Å². The monoisotopic (exact) mass is 315 g/mol. The Morgan fingerprint density at radius 3 is 2.35 bits per heavy atom. The predicted molar refractivity (Wildman–Crippen MR) is 77.4 cm³/mol. The third-order valence-electron chi connectivity index (χ3n) is 2.64. The summed E-state index contributed by atoms with van der Waals surface area (Å²) in [5, 5.41) is 28.2. The molecule has 20 heavy (non-hydrogen) atoms. The predicted octanol–water partition coefficient (Wildman–Crippen LogP) is -4.51. The van der Waals surface area contributed by atoms with Crippen LogP contribution in [0.5, 0.6) is 0 Å². The van der Waals surface area contributed by atoms with Crippen LogP contribution in [0.1, 0.15) is 6.23 Å². The molecular formula is C9H16N3Na3O5.